The van der Waals surface area contributed by atoms with Crippen LogP contribution in [0.3, 0.4) is 0 Å². The zero-order chi connectivity index (χ0) is 18.4. The summed E-state index contributed by atoms with van der Waals surface area (Å²) in [4.78, 5) is 2.43. The molecule has 3 rings (SSSR count). The second-order valence-electron chi connectivity index (χ2n) is 6.40. The van der Waals surface area contributed by atoms with Crippen LogP contribution in [-0.4, -0.2) is 42.4 Å². The fourth-order valence-corrected chi connectivity index (χ4v) is 3.61. The molecule has 0 aromatic heterocycles. The summed E-state index contributed by atoms with van der Waals surface area (Å²) in [6, 6.07) is 16.9. The van der Waals surface area contributed by atoms with Crippen molar-refractivity contribution in [3.63, 3.8) is 0 Å². The Morgan fingerprint density at radius 3 is 2.38 bits per heavy atom. The van der Waals surface area contributed by atoms with Crippen LogP contribution in [-0.2, 0) is 4.74 Å². The number of benzene rings is 2. The van der Waals surface area contributed by atoms with E-state index in [0.29, 0.717) is 5.11 Å². The number of halogens is 1. The van der Waals surface area contributed by atoms with Gasteiger partial charge in [0.05, 0.1) is 19.3 Å². The number of hydrogen-bond acceptors (Lipinski definition) is 3. The average molecular weight is 373 g/mol. The third-order valence-corrected chi connectivity index (χ3v) is 4.73. The van der Waals surface area contributed by atoms with Crippen LogP contribution < -0.4 is 10.6 Å². The summed E-state index contributed by atoms with van der Waals surface area (Å²) in [5.41, 5.74) is 2.01. The Kier molecular flexibility index (Phi) is 6.55. The summed E-state index contributed by atoms with van der Waals surface area (Å²) in [5.74, 6) is -0.265. The van der Waals surface area contributed by atoms with Gasteiger partial charge < -0.3 is 15.4 Å². The lowest BCUT2D eigenvalue weighted by molar-refractivity contribution is 0.0102. The summed E-state index contributed by atoms with van der Waals surface area (Å²) in [7, 11) is 0. The van der Waals surface area contributed by atoms with Gasteiger partial charge in [0.15, 0.2) is 5.11 Å². The molecule has 0 radical (unpaired) electrons. The first-order valence-corrected chi connectivity index (χ1v) is 9.24. The summed E-state index contributed by atoms with van der Waals surface area (Å²) in [5, 5.41) is 7.03. The molecule has 2 aromatic rings. The van der Waals surface area contributed by atoms with E-state index in [1.165, 1.54) is 17.7 Å². The van der Waals surface area contributed by atoms with Crippen molar-refractivity contribution in [2.75, 3.05) is 31.6 Å². The Labute approximate surface area is 159 Å². The number of nitrogens with one attached hydrogen (secondary N) is 2. The number of thiocarbonyl (C=S) groups is 1. The van der Waals surface area contributed by atoms with Crippen LogP contribution in [0.15, 0.2) is 54.6 Å². The predicted molar refractivity (Wildman–Crippen MR) is 107 cm³/mol. The van der Waals surface area contributed by atoms with Gasteiger partial charge in [-0.25, -0.2) is 4.39 Å². The Hall–Kier alpha value is -2.02. The third kappa shape index (κ3) is 5.00. The zero-order valence-corrected chi connectivity index (χ0v) is 15.6. The van der Waals surface area contributed by atoms with E-state index in [1.807, 2.05) is 6.07 Å². The molecule has 0 unspecified atom stereocenters. The highest BCUT2D eigenvalue weighted by Gasteiger charge is 2.28. The number of morpholine rings is 1. The molecule has 0 aliphatic carbocycles. The molecule has 0 bridgehead atoms. The Balaban J connectivity index is 1.69. The number of rotatable bonds is 5. The molecular weight excluding hydrogens is 349 g/mol. The molecule has 1 fully saturated rings. The minimum absolute atomic E-state index is 0.0935. The van der Waals surface area contributed by atoms with Gasteiger partial charge in [0.25, 0.3) is 0 Å². The third-order valence-electron chi connectivity index (χ3n) is 4.51. The highest BCUT2D eigenvalue weighted by molar-refractivity contribution is 7.80. The molecule has 1 aliphatic heterocycles. The molecule has 0 amide bonds. The van der Waals surface area contributed by atoms with Crippen molar-refractivity contribution in [1.82, 2.24) is 10.2 Å². The smallest absolute Gasteiger partial charge is 0.171 e. The van der Waals surface area contributed by atoms with Crippen molar-refractivity contribution in [3.8, 4) is 0 Å². The van der Waals surface area contributed by atoms with Crippen LogP contribution in [0.1, 0.15) is 18.5 Å². The van der Waals surface area contributed by atoms with Crippen LogP contribution in [0.5, 0.6) is 0 Å². The van der Waals surface area contributed by atoms with E-state index in [1.54, 1.807) is 12.1 Å². The second-order valence-corrected chi connectivity index (χ2v) is 6.81. The lowest BCUT2D eigenvalue weighted by Crippen LogP contribution is -2.49. The van der Waals surface area contributed by atoms with Crippen LogP contribution in [0.25, 0.3) is 0 Å². The Bertz CT molecular complexity index is 705. The zero-order valence-electron chi connectivity index (χ0n) is 14.8. The molecule has 138 valence electrons. The van der Waals surface area contributed by atoms with Gasteiger partial charge in [-0.2, -0.15) is 0 Å². The largest absolute Gasteiger partial charge is 0.379 e. The number of nitrogens with zero attached hydrogens (tertiary/aromatic N) is 1. The van der Waals surface area contributed by atoms with Gasteiger partial charge in [-0.05, 0) is 49.0 Å². The van der Waals surface area contributed by atoms with Crippen LogP contribution >= 0.6 is 12.2 Å². The first-order chi connectivity index (χ1) is 12.6. The molecule has 6 heteroatoms. The maximum atomic E-state index is 13.0. The van der Waals surface area contributed by atoms with Gasteiger partial charge in [0, 0.05) is 24.8 Å². The quantitative estimate of drug-likeness (QED) is 0.784. The topological polar surface area (TPSA) is 36.5 Å². The van der Waals surface area contributed by atoms with E-state index < -0.39 is 0 Å². The van der Waals surface area contributed by atoms with Gasteiger partial charge in [-0.3, -0.25) is 4.90 Å². The predicted octanol–water partition coefficient (Wildman–Crippen LogP) is 3.57. The highest BCUT2D eigenvalue weighted by Crippen LogP contribution is 2.25. The fourth-order valence-electron chi connectivity index (χ4n) is 3.31. The lowest BCUT2D eigenvalue weighted by atomic mass is 9.98. The van der Waals surface area contributed by atoms with E-state index in [2.05, 4.69) is 46.7 Å². The maximum absolute atomic E-state index is 13.0. The Morgan fingerprint density at radius 2 is 1.73 bits per heavy atom. The monoisotopic (exact) mass is 373 g/mol. The second kappa shape index (κ2) is 9.07. The molecule has 2 aromatic carbocycles. The maximum Gasteiger partial charge on any atom is 0.171 e. The number of hydrogen-bond donors (Lipinski definition) is 2. The van der Waals surface area contributed by atoms with E-state index in [4.69, 9.17) is 17.0 Å². The van der Waals surface area contributed by atoms with Crippen molar-refractivity contribution < 1.29 is 9.13 Å². The molecule has 4 nitrogen and oxygen atoms in total. The first-order valence-electron chi connectivity index (χ1n) is 8.83. The van der Waals surface area contributed by atoms with Crippen molar-refractivity contribution in [3.05, 3.63) is 66.0 Å². The lowest BCUT2D eigenvalue weighted by Gasteiger charge is -2.38. The van der Waals surface area contributed by atoms with E-state index in [-0.39, 0.29) is 17.9 Å². The van der Waals surface area contributed by atoms with Crippen LogP contribution in [0.2, 0.25) is 0 Å². The molecule has 0 spiro atoms. The molecule has 2 N–H and O–H groups in total. The van der Waals surface area contributed by atoms with Crippen LogP contribution in [0, 0.1) is 5.82 Å². The van der Waals surface area contributed by atoms with Crippen molar-refractivity contribution in [1.29, 1.82) is 0 Å². The van der Waals surface area contributed by atoms with Gasteiger partial charge in [-0.1, -0.05) is 30.3 Å². The van der Waals surface area contributed by atoms with Crippen molar-refractivity contribution in [2.45, 2.75) is 19.0 Å². The van der Waals surface area contributed by atoms with E-state index in [9.17, 15) is 4.39 Å². The van der Waals surface area contributed by atoms with Crippen molar-refractivity contribution in [2.24, 2.45) is 0 Å². The molecular formula is C20H24FN3OS. The number of ether oxygens (including phenoxy) is 1. The summed E-state index contributed by atoms with van der Waals surface area (Å²) in [6.07, 6.45) is 0. The normalized spacial score (nSPS) is 17.3. The Morgan fingerprint density at radius 1 is 1.08 bits per heavy atom. The van der Waals surface area contributed by atoms with Gasteiger partial charge in [0.1, 0.15) is 5.82 Å². The van der Waals surface area contributed by atoms with Gasteiger partial charge in [0.2, 0.25) is 0 Å². The molecule has 1 aliphatic rings. The fraction of sp³-hybridized carbons (Fsp3) is 0.350. The average Bonchev–Trinajstić information content (AvgIpc) is 2.65. The molecule has 2 atom stereocenters. The summed E-state index contributed by atoms with van der Waals surface area (Å²) in [6.45, 7) is 5.40. The van der Waals surface area contributed by atoms with Gasteiger partial charge in [-0.15, -0.1) is 0 Å². The van der Waals surface area contributed by atoms with Crippen molar-refractivity contribution >= 4 is 23.0 Å². The SMILES string of the molecule is C[C@@H](NC(=S)Nc1ccc(F)cc1)[C@@H](c1ccccc1)N1CCOCC1. The number of anilines is 1. The molecule has 26 heavy (non-hydrogen) atoms. The standard InChI is InChI=1S/C20H24FN3OS/c1-15(22-20(26)23-18-9-7-17(21)8-10-18)19(16-5-3-2-4-6-16)24-11-13-25-14-12-24/h2-10,15,19H,11-14H2,1H3,(H2,22,23,26)/t15-,19+/m1/s1. The molecule has 1 saturated heterocycles. The van der Waals surface area contributed by atoms with E-state index in [0.717, 1.165) is 32.0 Å². The minimum atomic E-state index is -0.265. The molecule has 0 saturated carbocycles. The summed E-state index contributed by atoms with van der Waals surface area (Å²) < 4.78 is 18.5. The van der Waals surface area contributed by atoms with Gasteiger partial charge >= 0.3 is 0 Å². The van der Waals surface area contributed by atoms with E-state index >= 15 is 0 Å². The first kappa shape index (κ1) is 18.8. The minimum Gasteiger partial charge on any atom is -0.379 e. The summed E-state index contributed by atoms with van der Waals surface area (Å²) >= 11 is 5.46. The molecule has 1 heterocycles. The van der Waals surface area contributed by atoms with Crippen LogP contribution in [0.4, 0.5) is 10.1 Å². The highest BCUT2D eigenvalue weighted by atomic mass is 32.1.